The SMILES string of the molecule is COc1ccc(S(=O)(=O)N2CCC[C@@H](C)C2)cc1N1CCN(C(=O)C=C(C)C)CC1. The molecule has 2 aliphatic rings. The zero-order chi connectivity index (χ0) is 21.9. The van der Waals surface area contributed by atoms with E-state index < -0.39 is 10.0 Å². The molecule has 0 spiro atoms. The Bertz CT molecular complexity index is 901. The van der Waals surface area contributed by atoms with E-state index in [4.69, 9.17) is 4.74 Å². The van der Waals surface area contributed by atoms with Crippen LogP contribution in [0.3, 0.4) is 0 Å². The maximum atomic E-state index is 13.2. The summed E-state index contributed by atoms with van der Waals surface area (Å²) in [5, 5.41) is 0. The molecule has 1 amide bonds. The second-order valence-corrected chi connectivity index (χ2v) is 10.4. The van der Waals surface area contributed by atoms with Crippen LogP contribution in [0.2, 0.25) is 0 Å². The van der Waals surface area contributed by atoms with E-state index in [0.717, 1.165) is 24.1 Å². The van der Waals surface area contributed by atoms with E-state index in [0.29, 0.717) is 55.8 Å². The highest BCUT2D eigenvalue weighted by Gasteiger charge is 2.30. The van der Waals surface area contributed by atoms with E-state index in [9.17, 15) is 13.2 Å². The van der Waals surface area contributed by atoms with Gasteiger partial charge >= 0.3 is 0 Å². The van der Waals surface area contributed by atoms with Crippen molar-refractivity contribution >= 4 is 21.6 Å². The monoisotopic (exact) mass is 435 g/mol. The molecule has 0 saturated carbocycles. The van der Waals surface area contributed by atoms with Gasteiger partial charge in [0.25, 0.3) is 0 Å². The molecule has 3 rings (SSSR count). The minimum atomic E-state index is -3.54. The Balaban J connectivity index is 1.80. The summed E-state index contributed by atoms with van der Waals surface area (Å²) in [6, 6.07) is 5.09. The molecule has 2 aliphatic heterocycles. The molecule has 0 aromatic heterocycles. The first-order chi connectivity index (χ1) is 14.2. The van der Waals surface area contributed by atoms with E-state index in [1.165, 1.54) is 0 Å². The van der Waals surface area contributed by atoms with E-state index in [-0.39, 0.29) is 5.91 Å². The van der Waals surface area contributed by atoms with E-state index in [1.807, 2.05) is 18.7 Å². The van der Waals surface area contributed by atoms with Gasteiger partial charge in [0.2, 0.25) is 15.9 Å². The second-order valence-electron chi connectivity index (χ2n) is 8.48. The number of anilines is 1. The van der Waals surface area contributed by atoms with Crippen LogP contribution in [0.25, 0.3) is 0 Å². The minimum absolute atomic E-state index is 0.0251. The van der Waals surface area contributed by atoms with Gasteiger partial charge in [0, 0.05) is 45.3 Å². The standard InChI is InChI=1S/C22H33N3O4S/c1-17(2)14-22(26)24-12-10-23(11-13-24)20-15-19(7-8-21(20)29-4)30(27,28)25-9-5-6-18(3)16-25/h7-8,14-15,18H,5-6,9-13,16H2,1-4H3/t18-/m1/s1. The lowest BCUT2D eigenvalue weighted by atomic mass is 10.0. The number of hydrogen-bond donors (Lipinski definition) is 0. The number of amides is 1. The highest BCUT2D eigenvalue weighted by molar-refractivity contribution is 7.89. The summed E-state index contributed by atoms with van der Waals surface area (Å²) in [5.41, 5.74) is 1.74. The lowest BCUT2D eigenvalue weighted by Crippen LogP contribution is -2.48. The Morgan fingerprint density at radius 2 is 1.83 bits per heavy atom. The number of rotatable bonds is 5. The molecule has 0 radical (unpaired) electrons. The first kappa shape index (κ1) is 22.6. The predicted octanol–water partition coefficient (Wildman–Crippen LogP) is 2.73. The third-order valence-electron chi connectivity index (χ3n) is 5.75. The van der Waals surface area contributed by atoms with Crippen LogP contribution in [0.1, 0.15) is 33.6 Å². The fraction of sp³-hybridized carbons (Fsp3) is 0.591. The fourth-order valence-electron chi connectivity index (χ4n) is 4.10. The van der Waals surface area contributed by atoms with E-state index >= 15 is 0 Å². The highest BCUT2D eigenvalue weighted by atomic mass is 32.2. The molecule has 0 unspecified atom stereocenters. The molecule has 1 atom stereocenters. The van der Waals surface area contributed by atoms with Crippen LogP contribution in [-0.2, 0) is 14.8 Å². The maximum absolute atomic E-state index is 13.2. The summed E-state index contributed by atoms with van der Waals surface area (Å²) in [6.07, 6.45) is 3.61. The summed E-state index contributed by atoms with van der Waals surface area (Å²) in [5.74, 6) is 1.04. The molecule has 0 aliphatic carbocycles. The normalized spacial score (nSPS) is 20.7. The molecule has 2 fully saturated rings. The van der Waals surface area contributed by atoms with Gasteiger partial charge < -0.3 is 14.5 Å². The van der Waals surface area contributed by atoms with Crippen LogP contribution in [0.5, 0.6) is 5.75 Å². The van der Waals surface area contributed by atoms with Crippen molar-refractivity contribution in [3.8, 4) is 5.75 Å². The number of sulfonamides is 1. The average molecular weight is 436 g/mol. The number of nitrogens with zero attached hydrogens (tertiary/aromatic N) is 3. The number of piperidine rings is 1. The van der Waals surface area contributed by atoms with Crippen molar-refractivity contribution in [3.63, 3.8) is 0 Å². The second kappa shape index (κ2) is 9.39. The van der Waals surface area contributed by atoms with Crippen molar-refractivity contribution in [1.82, 2.24) is 9.21 Å². The Morgan fingerprint density at radius 1 is 1.13 bits per heavy atom. The number of piperazine rings is 1. The van der Waals surface area contributed by atoms with Gasteiger partial charge in [-0.05, 0) is 50.8 Å². The summed E-state index contributed by atoms with van der Waals surface area (Å²) in [4.78, 5) is 16.5. The molecule has 0 bridgehead atoms. The number of carbonyl (C=O) groups excluding carboxylic acids is 1. The van der Waals surface area contributed by atoms with Crippen LogP contribution < -0.4 is 9.64 Å². The summed E-state index contributed by atoms with van der Waals surface area (Å²) < 4.78 is 33.6. The lowest BCUT2D eigenvalue weighted by Gasteiger charge is -2.36. The van der Waals surface area contributed by atoms with Gasteiger partial charge in [0.05, 0.1) is 17.7 Å². The molecule has 166 valence electrons. The molecule has 1 aromatic carbocycles. The van der Waals surface area contributed by atoms with Crippen molar-refractivity contribution in [1.29, 1.82) is 0 Å². The molecule has 1 aromatic rings. The van der Waals surface area contributed by atoms with Crippen LogP contribution in [0.15, 0.2) is 34.7 Å². The van der Waals surface area contributed by atoms with Crippen molar-refractivity contribution in [2.75, 3.05) is 51.3 Å². The van der Waals surface area contributed by atoms with Crippen LogP contribution in [0.4, 0.5) is 5.69 Å². The molecular weight excluding hydrogens is 402 g/mol. The van der Waals surface area contributed by atoms with Crippen LogP contribution >= 0.6 is 0 Å². The van der Waals surface area contributed by atoms with Crippen molar-refractivity contribution in [2.24, 2.45) is 5.92 Å². The maximum Gasteiger partial charge on any atom is 0.246 e. The zero-order valence-corrected chi connectivity index (χ0v) is 19.2. The van der Waals surface area contributed by atoms with Crippen molar-refractivity contribution in [2.45, 2.75) is 38.5 Å². The topological polar surface area (TPSA) is 70.2 Å². The fourth-order valence-corrected chi connectivity index (χ4v) is 5.72. The van der Waals surface area contributed by atoms with Crippen molar-refractivity contribution in [3.05, 3.63) is 29.8 Å². The Kier molecular flexibility index (Phi) is 7.08. The van der Waals surface area contributed by atoms with Gasteiger partial charge in [0.15, 0.2) is 0 Å². The molecule has 2 heterocycles. The summed E-state index contributed by atoms with van der Waals surface area (Å²) in [7, 11) is -1.95. The van der Waals surface area contributed by atoms with Gasteiger partial charge in [-0.1, -0.05) is 12.5 Å². The Morgan fingerprint density at radius 3 is 2.43 bits per heavy atom. The van der Waals surface area contributed by atoms with E-state index in [1.54, 1.807) is 35.7 Å². The first-order valence-corrected chi connectivity index (χ1v) is 12.0. The van der Waals surface area contributed by atoms with Gasteiger partial charge in [0.1, 0.15) is 5.75 Å². The number of benzene rings is 1. The van der Waals surface area contributed by atoms with Crippen LogP contribution in [-0.4, -0.2) is 69.9 Å². The number of allylic oxidation sites excluding steroid dienone is 1. The minimum Gasteiger partial charge on any atom is -0.495 e. The van der Waals surface area contributed by atoms with Gasteiger partial charge in [-0.2, -0.15) is 4.31 Å². The lowest BCUT2D eigenvalue weighted by molar-refractivity contribution is -0.126. The van der Waals surface area contributed by atoms with Crippen molar-refractivity contribution < 1.29 is 17.9 Å². The number of carbonyl (C=O) groups is 1. The Hall–Kier alpha value is -2.06. The average Bonchev–Trinajstić information content (AvgIpc) is 2.73. The quantitative estimate of drug-likeness (QED) is 0.665. The molecule has 8 heteroatoms. The molecule has 2 saturated heterocycles. The highest BCUT2D eigenvalue weighted by Crippen LogP contribution is 2.33. The molecule has 7 nitrogen and oxygen atoms in total. The van der Waals surface area contributed by atoms with E-state index in [2.05, 4.69) is 11.8 Å². The molecule has 0 N–H and O–H groups in total. The smallest absolute Gasteiger partial charge is 0.246 e. The molecule has 30 heavy (non-hydrogen) atoms. The number of methoxy groups -OCH3 is 1. The van der Waals surface area contributed by atoms with Gasteiger partial charge in [-0.25, -0.2) is 8.42 Å². The van der Waals surface area contributed by atoms with Crippen LogP contribution in [0, 0.1) is 5.92 Å². The number of hydrogen-bond acceptors (Lipinski definition) is 5. The third-order valence-corrected chi connectivity index (χ3v) is 7.61. The molecular formula is C22H33N3O4S. The van der Waals surface area contributed by atoms with Gasteiger partial charge in [-0.15, -0.1) is 0 Å². The zero-order valence-electron chi connectivity index (χ0n) is 18.4. The summed E-state index contributed by atoms with van der Waals surface area (Å²) in [6.45, 7) is 9.48. The largest absolute Gasteiger partial charge is 0.495 e. The number of ether oxygens (including phenoxy) is 1. The summed E-state index contributed by atoms with van der Waals surface area (Å²) >= 11 is 0. The van der Waals surface area contributed by atoms with Gasteiger partial charge in [-0.3, -0.25) is 4.79 Å². The Labute approximate surface area is 180 Å². The third kappa shape index (κ3) is 4.98. The predicted molar refractivity (Wildman–Crippen MR) is 118 cm³/mol. The first-order valence-electron chi connectivity index (χ1n) is 10.6.